The van der Waals surface area contributed by atoms with Gasteiger partial charge < -0.3 is 10.2 Å². The Morgan fingerprint density at radius 1 is 1.14 bits per heavy atom. The minimum absolute atomic E-state index is 0. The molecule has 1 fully saturated rings. The van der Waals surface area contributed by atoms with Crippen molar-refractivity contribution in [2.45, 2.75) is 47.0 Å². The van der Waals surface area contributed by atoms with Gasteiger partial charge in [0.25, 0.3) is 5.95 Å². The maximum Gasteiger partial charge on any atom is 0.251 e. The normalized spacial score (nSPS) is 14.8. The van der Waals surface area contributed by atoms with Gasteiger partial charge in [0.05, 0.1) is 12.1 Å². The monoisotopic (exact) mass is 406 g/mol. The summed E-state index contributed by atoms with van der Waals surface area (Å²) in [6, 6.07) is 1.94. The predicted molar refractivity (Wildman–Crippen MR) is 112 cm³/mol. The SMILES string of the molecule is CNCC1CCN(C(=O)Cc2c(C)nn(-c3nc(C)cc(C)n3)c2C)CC1.Cl. The van der Waals surface area contributed by atoms with Crippen LogP contribution in [0.15, 0.2) is 6.07 Å². The molecule has 1 aliphatic rings. The second-order valence-electron chi connectivity index (χ2n) is 7.57. The fraction of sp³-hybridized carbons (Fsp3) is 0.600. The van der Waals surface area contributed by atoms with Gasteiger partial charge in [-0.05, 0) is 66.1 Å². The van der Waals surface area contributed by atoms with E-state index in [4.69, 9.17) is 0 Å². The van der Waals surface area contributed by atoms with Crippen molar-refractivity contribution in [3.63, 3.8) is 0 Å². The van der Waals surface area contributed by atoms with Crippen LogP contribution in [0.4, 0.5) is 0 Å². The number of carbonyl (C=O) groups excluding carboxylic acids is 1. The number of nitrogens with one attached hydrogen (secondary N) is 1. The molecule has 0 aromatic carbocycles. The molecule has 0 saturated carbocycles. The maximum atomic E-state index is 12.8. The molecule has 2 aromatic rings. The molecule has 0 atom stereocenters. The van der Waals surface area contributed by atoms with Gasteiger partial charge in [0.1, 0.15) is 0 Å². The molecule has 7 nitrogen and oxygen atoms in total. The standard InChI is InChI=1S/C20H30N6O.ClH/c1-13-10-14(2)23-20(22-13)26-16(4)18(15(3)24-26)11-19(27)25-8-6-17(7-9-25)12-21-5;/h10,17,21H,6-9,11-12H2,1-5H3;1H. The highest BCUT2D eigenvalue weighted by molar-refractivity contribution is 5.85. The number of nitrogens with zero attached hydrogens (tertiary/aromatic N) is 5. The molecule has 0 spiro atoms. The Bertz CT molecular complexity index is 806. The quantitative estimate of drug-likeness (QED) is 0.824. The lowest BCUT2D eigenvalue weighted by Crippen LogP contribution is -2.41. The van der Waals surface area contributed by atoms with Gasteiger partial charge in [-0.2, -0.15) is 5.10 Å². The molecule has 0 aliphatic carbocycles. The van der Waals surface area contributed by atoms with Gasteiger partial charge in [-0.3, -0.25) is 4.79 Å². The number of hydrogen-bond donors (Lipinski definition) is 1. The van der Waals surface area contributed by atoms with Crippen molar-refractivity contribution in [1.29, 1.82) is 0 Å². The summed E-state index contributed by atoms with van der Waals surface area (Å²) in [7, 11) is 1.99. The van der Waals surface area contributed by atoms with E-state index in [-0.39, 0.29) is 18.3 Å². The first kappa shape index (κ1) is 22.3. The van der Waals surface area contributed by atoms with Crippen LogP contribution in [0, 0.1) is 33.6 Å². The van der Waals surface area contributed by atoms with Gasteiger partial charge in [0, 0.05) is 35.7 Å². The van der Waals surface area contributed by atoms with Crippen LogP contribution < -0.4 is 5.32 Å². The number of likely N-dealkylation sites (tertiary alicyclic amines) is 1. The Balaban J connectivity index is 0.00000280. The van der Waals surface area contributed by atoms with Crippen molar-refractivity contribution in [3.05, 3.63) is 34.4 Å². The molecule has 28 heavy (non-hydrogen) atoms. The summed E-state index contributed by atoms with van der Waals surface area (Å²) in [4.78, 5) is 23.8. The highest BCUT2D eigenvalue weighted by atomic mass is 35.5. The van der Waals surface area contributed by atoms with Crippen molar-refractivity contribution >= 4 is 18.3 Å². The zero-order valence-corrected chi connectivity index (χ0v) is 18.3. The summed E-state index contributed by atoms with van der Waals surface area (Å²) in [5.74, 6) is 1.43. The van der Waals surface area contributed by atoms with Crippen LogP contribution in [-0.4, -0.2) is 57.2 Å². The largest absolute Gasteiger partial charge is 0.342 e. The smallest absolute Gasteiger partial charge is 0.251 e. The summed E-state index contributed by atoms with van der Waals surface area (Å²) in [6.07, 6.45) is 2.53. The Kier molecular flexibility index (Phi) is 7.55. The third-order valence-corrected chi connectivity index (χ3v) is 5.39. The van der Waals surface area contributed by atoms with Gasteiger partial charge in [-0.1, -0.05) is 0 Å². The number of piperidine rings is 1. The molecule has 2 aromatic heterocycles. The Morgan fingerprint density at radius 2 is 1.75 bits per heavy atom. The summed E-state index contributed by atoms with van der Waals surface area (Å²) in [5.41, 5.74) is 4.61. The zero-order chi connectivity index (χ0) is 19.6. The van der Waals surface area contributed by atoms with E-state index in [1.54, 1.807) is 4.68 Å². The molecule has 0 bridgehead atoms. The zero-order valence-electron chi connectivity index (χ0n) is 17.4. The molecule has 1 saturated heterocycles. The molecular weight excluding hydrogens is 376 g/mol. The van der Waals surface area contributed by atoms with Crippen molar-refractivity contribution in [2.24, 2.45) is 5.92 Å². The fourth-order valence-electron chi connectivity index (χ4n) is 3.87. The number of aryl methyl sites for hydroxylation is 3. The highest BCUT2D eigenvalue weighted by Crippen LogP contribution is 2.21. The third-order valence-electron chi connectivity index (χ3n) is 5.39. The van der Waals surface area contributed by atoms with E-state index in [0.717, 1.165) is 60.8 Å². The number of rotatable bonds is 5. The molecule has 3 heterocycles. The molecule has 0 unspecified atom stereocenters. The van der Waals surface area contributed by atoms with E-state index < -0.39 is 0 Å². The van der Waals surface area contributed by atoms with Gasteiger partial charge in [-0.15, -0.1) is 12.4 Å². The van der Waals surface area contributed by atoms with E-state index in [9.17, 15) is 4.79 Å². The van der Waals surface area contributed by atoms with Crippen molar-refractivity contribution in [3.8, 4) is 5.95 Å². The minimum atomic E-state index is 0. The number of hydrogen-bond acceptors (Lipinski definition) is 5. The first-order valence-corrected chi connectivity index (χ1v) is 9.69. The highest BCUT2D eigenvalue weighted by Gasteiger charge is 2.25. The van der Waals surface area contributed by atoms with Crippen LogP contribution >= 0.6 is 12.4 Å². The van der Waals surface area contributed by atoms with Crippen LogP contribution in [0.2, 0.25) is 0 Å². The topological polar surface area (TPSA) is 75.9 Å². The first-order valence-electron chi connectivity index (χ1n) is 9.69. The van der Waals surface area contributed by atoms with E-state index >= 15 is 0 Å². The Hall–Kier alpha value is -1.99. The fourth-order valence-corrected chi connectivity index (χ4v) is 3.87. The number of aromatic nitrogens is 4. The predicted octanol–water partition coefficient (Wildman–Crippen LogP) is 2.32. The van der Waals surface area contributed by atoms with E-state index in [1.807, 2.05) is 45.7 Å². The number of halogens is 1. The molecule has 3 rings (SSSR count). The lowest BCUT2D eigenvalue weighted by Gasteiger charge is -2.32. The van der Waals surface area contributed by atoms with E-state index in [1.165, 1.54) is 0 Å². The molecule has 154 valence electrons. The summed E-state index contributed by atoms with van der Waals surface area (Å²) in [5, 5.41) is 7.85. The van der Waals surface area contributed by atoms with Crippen molar-refractivity contribution < 1.29 is 4.79 Å². The second-order valence-corrected chi connectivity index (χ2v) is 7.57. The Morgan fingerprint density at radius 3 is 2.32 bits per heavy atom. The maximum absolute atomic E-state index is 12.8. The lowest BCUT2D eigenvalue weighted by molar-refractivity contribution is -0.131. The van der Waals surface area contributed by atoms with Gasteiger partial charge in [0.2, 0.25) is 5.91 Å². The molecular formula is C20H31ClN6O. The molecule has 8 heteroatoms. The average molecular weight is 407 g/mol. The van der Waals surface area contributed by atoms with Crippen LogP contribution in [0.1, 0.15) is 41.2 Å². The van der Waals surface area contributed by atoms with E-state index in [0.29, 0.717) is 18.3 Å². The van der Waals surface area contributed by atoms with Crippen LogP contribution in [-0.2, 0) is 11.2 Å². The minimum Gasteiger partial charge on any atom is -0.342 e. The van der Waals surface area contributed by atoms with Crippen molar-refractivity contribution in [1.82, 2.24) is 30.0 Å². The first-order chi connectivity index (χ1) is 12.9. The van der Waals surface area contributed by atoms with Gasteiger partial charge >= 0.3 is 0 Å². The molecule has 1 aliphatic heterocycles. The molecule has 1 amide bonds. The third kappa shape index (κ3) is 4.89. The molecule has 1 N–H and O–H groups in total. The number of amides is 1. The van der Waals surface area contributed by atoms with Crippen LogP contribution in [0.5, 0.6) is 0 Å². The van der Waals surface area contributed by atoms with Crippen molar-refractivity contribution in [2.75, 3.05) is 26.7 Å². The van der Waals surface area contributed by atoms with Gasteiger partial charge in [0.15, 0.2) is 0 Å². The average Bonchev–Trinajstić information content (AvgIpc) is 2.90. The summed E-state index contributed by atoms with van der Waals surface area (Å²) < 4.78 is 1.76. The summed E-state index contributed by atoms with van der Waals surface area (Å²) >= 11 is 0. The van der Waals surface area contributed by atoms with Crippen LogP contribution in [0.3, 0.4) is 0 Å². The lowest BCUT2D eigenvalue weighted by atomic mass is 9.96. The van der Waals surface area contributed by atoms with Crippen LogP contribution in [0.25, 0.3) is 5.95 Å². The van der Waals surface area contributed by atoms with E-state index in [2.05, 4.69) is 20.4 Å². The summed E-state index contributed by atoms with van der Waals surface area (Å²) in [6.45, 7) is 10.6. The Labute approximate surface area is 173 Å². The number of carbonyl (C=O) groups is 1. The second kappa shape index (κ2) is 9.47. The van der Waals surface area contributed by atoms with Gasteiger partial charge in [-0.25, -0.2) is 14.6 Å². The molecule has 0 radical (unpaired) electrons.